The zero-order valence-corrected chi connectivity index (χ0v) is 49.7. The predicted molar refractivity (Wildman–Crippen MR) is 296 cm³/mol. The summed E-state index contributed by atoms with van der Waals surface area (Å²) in [4.78, 5) is 65.5. The van der Waals surface area contributed by atoms with Crippen molar-refractivity contribution in [2.24, 2.45) is 29.6 Å². The second-order valence-electron chi connectivity index (χ2n) is 23.3. The standard InChI is InChI=1S/C59H89N3O16S/c1-15-44-59(10)46(50(55(68)78-59)79-27-26-62(53(66)38-22-24-61-25-23-38)39-20-21-42(69-12)43(29-39)74-40-18-16-17-19-40)34(4)47(63)32(2)30-58(9,71-14)52(77-56-48(64)41(60-11)28-33(3)72-56)35(5)49(36(6)54(67)75-44)76-45-31-57(8,70-13)51(65)37(7)73-45/h20-25,29,32-37,40-41,44-46,48-52,56,60,64-65H,15-19,26-28,30-31H2,1-14H3/t32-,33-,34-,35+,36-,37+,41+,44-,45+,46+,48-,49+,50?,51+,52-,56+,57-,58-,59-/m1/s1. The molecule has 4 aliphatic heterocycles. The number of methoxy groups -OCH3 is 3. The molecule has 1 amide bonds. The number of carbonyl (C=O) groups is 4. The van der Waals surface area contributed by atoms with Crippen molar-refractivity contribution in [2.75, 3.05) is 45.6 Å². The summed E-state index contributed by atoms with van der Waals surface area (Å²) in [7, 11) is 6.39. The number of rotatable bonds is 17. The van der Waals surface area contributed by atoms with Gasteiger partial charge in [0.1, 0.15) is 29.3 Å². The zero-order valence-electron chi connectivity index (χ0n) is 48.8. The minimum atomic E-state index is -1.50. The summed E-state index contributed by atoms with van der Waals surface area (Å²) in [6, 6.07) is 8.32. The smallest absolute Gasteiger partial charge is 0.320 e. The number of aliphatic hydroxyl groups excluding tert-OH is 2. The van der Waals surface area contributed by atoms with Gasteiger partial charge < -0.3 is 67.8 Å². The Labute approximate surface area is 471 Å². The van der Waals surface area contributed by atoms with Crippen LogP contribution in [0.5, 0.6) is 11.5 Å². The van der Waals surface area contributed by atoms with Crippen LogP contribution in [0, 0.1) is 29.6 Å². The summed E-state index contributed by atoms with van der Waals surface area (Å²) in [6.07, 6.45) is -0.363. The minimum absolute atomic E-state index is 0.0223. The maximum Gasteiger partial charge on any atom is 0.320 e. The average Bonchev–Trinajstić information content (AvgIpc) is 4.10. The van der Waals surface area contributed by atoms with Gasteiger partial charge in [0.2, 0.25) is 0 Å². The molecule has 1 aliphatic carbocycles. The van der Waals surface area contributed by atoms with E-state index in [2.05, 4.69) is 10.3 Å². The summed E-state index contributed by atoms with van der Waals surface area (Å²) in [5.74, 6) is -4.63. The van der Waals surface area contributed by atoms with E-state index in [9.17, 15) is 19.8 Å². The van der Waals surface area contributed by atoms with Crippen molar-refractivity contribution in [1.82, 2.24) is 10.3 Å². The number of carbonyl (C=O) groups excluding carboxylic acids is 4. The number of likely N-dealkylation sites (N-methyl/N-ethyl adjacent to an activating group) is 1. The third kappa shape index (κ3) is 13.4. The van der Waals surface area contributed by atoms with Gasteiger partial charge in [-0.25, -0.2) is 0 Å². The monoisotopic (exact) mass is 1130 g/mol. The van der Waals surface area contributed by atoms with Crippen LogP contribution in [-0.4, -0.2) is 169 Å². The lowest BCUT2D eigenvalue weighted by atomic mass is 9.70. The minimum Gasteiger partial charge on any atom is -0.493 e. The number of ketones is 1. The third-order valence-electron chi connectivity index (χ3n) is 17.8. The molecule has 1 unspecified atom stereocenters. The number of anilines is 1. The van der Waals surface area contributed by atoms with E-state index >= 15 is 9.59 Å². The molecule has 7 rings (SSSR count). The Morgan fingerprint density at radius 1 is 0.873 bits per heavy atom. The lowest BCUT2D eigenvalue weighted by molar-refractivity contribution is -0.317. The molecule has 2 aromatic rings. The molecule has 5 fully saturated rings. The molecule has 20 heteroatoms. The molecule has 19 nitrogen and oxygen atoms in total. The second-order valence-corrected chi connectivity index (χ2v) is 24.5. The van der Waals surface area contributed by atoms with Crippen molar-refractivity contribution in [1.29, 1.82) is 0 Å². The van der Waals surface area contributed by atoms with E-state index in [0.29, 0.717) is 29.2 Å². The molecule has 1 aromatic heterocycles. The first-order valence-corrected chi connectivity index (χ1v) is 29.4. The van der Waals surface area contributed by atoms with Crippen LogP contribution in [0.1, 0.15) is 131 Å². The number of aromatic nitrogens is 1. The Morgan fingerprint density at radius 3 is 2.19 bits per heavy atom. The Morgan fingerprint density at radius 2 is 1.56 bits per heavy atom. The van der Waals surface area contributed by atoms with Gasteiger partial charge in [0.05, 0.1) is 54.7 Å². The number of cyclic esters (lactones) is 1. The third-order valence-corrected chi connectivity index (χ3v) is 19.1. The van der Waals surface area contributed by atoms with Crippen LogP contribution in [0.4, 0.5) is 5.69 Å². The van der Waals surface area contributed by atoms with Crippen LogP contribution in [0.2, 0.25) is 0 Å². The first-order valence-electron chi connectivity index (χ1n) is 28.4. The lowest BCUT2D eigenvalue weighted by Gasteiger charge is -2.49. The fourth-order valence-corrected chi connectivity index (χ4v) is 14.5. The zero-order chi connectivity index (χ0) is 57.7. The van der Waals surface area contributed by atoms with Crippen molar-refractivity contribution >= 4 is 41.1 Å². The molecular formula is C59H89N3O16S. The van der Waals surface area contributed by atoms with Crippen molar-refractivity contribution in [3.05, 3.63) is 48.3 Å². The number of esters is 2. The van der Waals surface area contributed by atoms with Gasteiger partial charge in [0, 0.05) is 92.4 Å². The van der Waals surface area contributed by atoms with Crippen molar-refractivity contribution < 1.29 is 76.8 Å². The van der Waals surface area contributed by atoms with E-state index in [-0.39, 0.29) is 61.5 Å². The Balaban J connectivity index is 1.26. The van der Waals surface area contributed by atoms with Crippen LogP contribution in [0.15, 0.2) is 42.7 Å². The molecule has 442 valence electrons. The molecule has 0 bridgehead atoms. The Hall–Kier alpha value is -3.96. The number of pyridine rings is 1. The van der Waals surface area contributed by atoms with Crippen LogP contribution >= 0.6 is 11.8 Å². The fourth-order valence-electron chi connectivity index (χ4n) is 13.1. The van der Waals surface area contributed by atoms with Gasteiger partial charge in [-0.3, -0.25) is 24.2 Å². The molecular weight excluding hydrogens is 1040 g/mol. The summed E-state index contributed by atoms with van der Waals surface area (Å²) in [5.41, 5.74) is -2.92. The van der Waals surface area contributed by atoms with Crippen molar-refractivity contribution in [3.63, 3.8) is 0 Å². The number of Topliss-reactive ketones (excluding diaryl/α,β-unsaturated/α-hetero) is 1. The fraction of sp³-hybridized carbons (Fsp3) is 0.746. The van der Waals surface area contributed by atoms with E-state index in [1.807, 2.05) is 40.7 Å². The van der Waals surface area contributed by atoms with E-state index in [1.54, 1.807) is 90.3 Å². The van der Waals surface area contributed by atoms with Crippen LogP contribution in [0.3, 0.4) is 0 Å². The highest BCUT2D eigenvalue weighted by Gasteiger charge is 2.62. The highest BCUT2D eigenvalue weighted by atomic mass is 32.2. The van der Waals surface area contributed by atoms with Gasteiger partial charge in [0.15, 0.2) is 29.7 Å². The van der Waals surface area contributed by atoms with Crippen molar-refractivity contribution in [2.45, 2.75) is 210 Å². The summed E-state index contributed by atoms with van der Waals surface area (Å²) in [6.45, 7) is 18.1. The molecule has 1 saturated carbocycles. The number of aliphatic hydroxyl groups is 2. The largest absolute Gasteiger partial charge is 0.493 e. The Bertz CT molecular complexity index is 2380. The highest BCUT2D eigenvalue weighted by molar-refractivity contribution is 8.00. The molecule has 4 saturated heterocycles. The number of ether oxygens (including phenoxy) is 10. The Kier molecular flexibility index (Phi) is 21.0. The SMILES string of the molecule is CC[C@H]1OC(=O)[C@H](C)[C@@H](O[C@H]2C[C@@](C)(OC)[C@@H](O)[C@H](C)O2)[C@H](C)[C@@H](O[C@@H]2O[C@H](C)C[C@H](NC)[C@H]2O)[C@](C)(OC)C[C@@H](C)C(=O)[C@H](C)[C@H]2C(SCCN(C(=O)c3ccncc3)c3ccc(OC)c(OC4CCCC4)c3)C(=O)O[C@@]21C. The highest BCUT2D eigenvalue weighted by Crippen LogP contribution is 2.50. The lowest BCUT2D eigenvalue weighted by Crippen LogP contribution is -2.61. The molecule has 5 aliphatic rings. The number of amides is 1. The van der Waals surface area contributed by atoms with Gasteiger partial charge in [-0.15, -0.1) is 11.8 Å². The molecule has 0 radical (unpaired) electrons. The number of thioether (sulfide) groups is 1. The number of hydrogen-bond acceptors (Lipinski definition) is 19. The maximum absolute atomic E-state index is 15.4. The molecule has 19 atom stereocenters. The molecule has 1 aromatic carbocycles. The van der Waals surface area contributed by atoms with Gasteiger partial charge in [0.25, 0.3) is 5.91 Å². The normalized spacial score (nSPS) is 38.8. The quantitative estimate of drug-likeness (QED) is 0.134. The topological polar surface area (TPSA) is 229 Å². The number of benzene rings is 1. The van der Waals surface area contributed by atoms with E-state index in [1.165, 1.54) is 26.0 Å². The molecule has 79 heavy (non-hydrogen) atoms. The molecule has 5 heterocycles. The van der Waals surface area contributed by atoms with Crippen LogP contribution in [0.25, 0.3) is 0 Å². The van der Waals surface area contributed by atoms with E-state index in [4.69, 9.17) is 47.4 Å². The van der Waals surface area contributed by atoms with E-state index in [0.717, 1.165) is 25.7 Å². The summed E-state index contributed by atoms with van der Waals surface area (Å²) in [5, 5.41) is 25.2. The average molecular weight is 1130 g/mol. The molecule has 0 spiro atoms. The van der Waals surface area contributed by atoms with Gasteiger partial charge in [-0.05, 0) is 118 Å². The number of nitrogens with zero attached hydrogens (tertiary/aromatic N) is 2. The molecule has 3 N–H and O–H groups in total. The van der Waals surface area contributed by atoms with Crippen LogP contribution < -0.4 is 19.7 Å². The maximum atomic E-state index is 15.4. The second kappa shape index (κ2) is 26.5. The van der Waals surface area contributed by atoms with Gasteiger partial charge in [-0.2, -0.15) is 0 Å². The van der Waals surface area contributed by atoms with Crippen LogP contribution in [-0.2, 0) is 52.3 Å². The van der Waals surface area contributed by atoms with Crippen molar-refractivity contribution in [3.8, 4) is 11.5 Å². The van der Waals surface area contributed by atoms with Gasteiger partial charge >= 0.3 is 11.9 Å². The van der Waals surface area contributed by atoms with E-state index < -0.39 is 113 Å². The number of hydrogen-bond donors (Lipinski definition) is 3. The van der Waals surface area contributed by atoms with Gasteiger partial charge in [-0.1, -0.05) is 27.7 Å². The number of fused-ring (bicyclic) bond motifs is 1. The summed E-state index contributed by atoms with van der Waals surface area (Å²) < 4.78 is 64.1. The summed E-state index contributed by atoms with van der Waals surface area (Å²) >= 11 is 1.29. The number of nitrogens with one attached hydrogen (secondary N) is 1. The first-order chi connectivity index (χ1) is 37.5. The first kappa shape index (κ1) is 62.6. The predicted octanol–water partition coefficient (Wildman–Crippen LogP) is 7.09.